The standard InChI is InChI=1S/C15H16O2.2C14H18O2/c1-15(2,11-3-7-13(16)8-4-11)12-5-9-14(17)10-6-12;2*1-3-5-10-9-7-12(11(10)6-4-2)13(8-9)14(15)16/h3-10,16-17H,1-2H3;2*3-4,9,12-13H,1-2,5-8H2,(H,15,16). The summed E-state index contributed by atoms with van der Waals surface area (Å²) < 4.78 is 0. The maximum absolute atomic E-state index is 11.1. The average Bonchev–Trinajstić information content (AvgIpc) is 3.85. The third-order valence-corrected chi connectivity index (χ3v) is 11.1. The number of fused-ring (bicyclic) bond motifs is 4. The summed E-state index contributed by atoms with van der Waals surface area (Å²) in [4.78, 5) is 22.3. The fourth-order valence-corrected chi connectivity index (χ4v) is 8.67. The van der Waals surface area contributed by atoms with Crippen molar-refractivity contribution in [3.8, 4) is 11.5 Å². The highest BCUT2D eigenvalue weighted by molar-refractivity contribution is 5.73. The summed E-state index contributed by atoms with van der Waals surface area (Å²) in [5.74, 6) is 0.454. The minimum Gasteiger partial charge on any atom is -0.508 e. The van der Waals surface area contributed by atoms with Crippen LogP contribution in [0.1, 0.15) is 76.3 Å². The van der Waals surface area contributed by atoms with Crippen LogP contribution in [0.4, 0.5) is 0 Å². The van der Waals surface area contributed by atoms with Crippen molar-refractivity contribution in [3.05, 3.63) is 133 Å². The molecule has 4 aliphatic rings. The van der Waals surface area contributed by atoms with Crippen LogP contribution in [0.15, 0.2) is 121 Å². The lowest BCUT2D eigenvalue weighted by Gasteiger charge is -2.26. The number of phenols is 2. The van der Waals surface area contributed by atoms with Gasteiger partial charge in [-0.2, -0.15) is 0 Å². The Balaban J connectivity index is 0.000000166. The fourth-order valence-electron chi connectivity index (χ4n) is 8.67. The van der Waals surface area contributed by atoms with Gasteiger partial charge in [-0.25, -0.2) is 0 Å². The van der Waals surface area contributed by atoms with Crippen molar-refractivity contribution < 1.29 is 30.0 Å². The SMILES string of the molecule is C=CCC1=C(CC=C)C2CC1CC2C(=O)O.C=CCC1=C(CC=C)C2CC1CC2C(=O)O.CC(C)(c1ccc(O)cc1)c1ccc(O)cc1. The molecule has 6 heteroatoms. The van der Waals surface area contributed by atoms with E-state index in [0.29, 0.717) is 11.8 Å². The second kappa shape index (κ2) is 16.2. The van der Waals surface area contributed by atoms with Crippen molar-refractivity contribution >= 4 is 11.9 Å². The van der Waals surface area contributed by atoms with Crippen LogP contribution in [-0.4, -0.2) is 32.4 Å². The van der Waals surface area contributed by atoms with Gasteiger partial charge in [-0.05, 0) is 110 Å². The van der Waals surface area contributed by atoms with Crippen molar-refractivity contribution in [3.63, 3.8) is 0 Å². The Bertz CT molecular complexity index is 1490. The van der Waals surface area contributed by atoms with Crippen LogP contribution >= 0.6 is 0 Å². The largest absolute Gasteiger partial charge is 0.508 e. The minimum absolute atomic E-state index is 0.151. The van der Waals surface area contributed by atoms with Gasteiger partial charge < -0.3 is 20.4 Å². The van der Waals surface area contributed by atoms with E-state index in [1.54, 1.807) is 24.3 Å². The van der Waals surface area contributed by atoms with Crippen molar-refractivity contribution in [1.29, 1.82) is 0 Å². The summed E-state index contributed by atoms with van der Waals surface area (Å²) in [7, 11) is 0. The Morgan fingerprint density at radius 3 is 1.18 bits per heavy atom. The van der Waals surface area contributed by atoms with Crippen molar-refractivity contribution in [2.24, 2.45) is 35.5 Å². The highest BCUT2D eigenvalue weighted by Gasteiger charge is 2.48. The van der Waals surface area contributed by atoms with E-state index in [1.807, 2.05) is 48.6 Å². The summed E-state index contributed by atoms with van der Waals surface area (Å²) in [5.41, 5.74) is 7.65. The number of rotatable bonds is 12. The lowest BCUT2D eigenvalue weighted by molar-refractivity contribution is -0.143. The van der Waals surface area contributed by atoms with Crippen LogP contribution in [0.25, 0.3) is 0 Å². The molecule has 0 spiro atoms. The van der Waals surface area contributed by atoms with E-state index in [0.717, 1.165) is 62.5 Å². The summed E-state index contributed by atoms with van der Waals surface area (Å²) in [6, 6.07) is 14.4. The molecule has 2 saturated carbocycles. The zero-order valence-corrected chi connectivity index (χ0v) is 29.0. The number of phenolic OH excluding ortho intramolecular Hbond substituents is 2. The molecule has 4 bridgehead atoms. The van der Waals surface area contributed by atoms with E-state index < -0.39 is 11.9 Å². The zero-order chi connectivity index (χ0) is 35.9. The fraction of sp³-hybridized carbons (Fsp3) is 0.395. The first-order valence-corrected chi connectivity index (χ1v) is 17.3. The van der Waals surface area contributed by atoms with Gasteiger partial charge in [-0.3, -0.25) is 9.59 Å². The van der Waals surface area contributed by atoms with Crippen LogP contribution < -0.4 is 0 Å². The molecule has 0 aliphatic heterocycles. The van der Waals surface area contributed by atoms with Crippen LogP contribution in [0.2, 0.25) is 0 Å². The van der Waals surface area contributed by atoms with Gasteiger partial charge in [-0.15, -0.1) is 26.3 Å². The molecular weight excluding hydrogens is 612 g/mol. The molecule has 2 aromatic carbocycles. The van der Waals surface area contributed by atoms with E-state index in [4.69, 9.17) is 10.2 Å². The quantitative estimate of drug-likeness (QED) is 0.168. The van der Waals surface area contributed by atoms with E-state index >= 15 is 0 Å². The number of hydrogen-bond acceptors (Lipinski definition) is 4. The molecule has 0 radical (unpaired) electrons. The molecule has 6 unspecified atom stereocenters. The normalized spacial score (nSPS) is 24.8. The second-order valence-electron chi connectivity index (χ2n) is 14.2. The van der Waals surface area contributed by atoms with Gasteiger partial charge in [0, 0.05) is 5.41 Å². The van der Waals surface area contributed by atoms with Crippen LogP contribution in [-0.2, 0) is 15.0 Å². The number of allylic oxidation sites excluding steroid dienone is 8. The Labute approximate surface area is 291 Å². The molecule has 6 rings (SSSR count). The highest BCUT2D eigenvalue weighted by atomic mass is 16.4. The molecule has 2 aromatic rings. The average molecular weight is 665 g/mol. The Hall–Kier alpha value is -4.58. The number of carbonyl (C=O) groups is 2. The first-order chi connectivity index (χ1) is 23.4. The molecule has 6 nitrogen and oxygen atoms in total. The minimum atomic E-state index is -0.633. The van der Waals surface area contributed by atoms with E-state index in [2.05, 4.69) is 40.2 Å². The van der Waals surface area contributed by atoms with E-state index in [-0.39, 0.29) is 40.6 Å². The first kappa shape index (κ1) is 37.2. The summed E-state index contributed by atoms with van der Waals surface area (Å²) in [5, 5.41) is 36.9. The smallest absolute Gasteiger partial charge is 0.307 e. The maximum atomic E-state index is 11.1. The van der Waals surface area contributed by atoms with Gasteiger partial charge in [0.25, 0.3) is 0 Å². The summed E-state index contributed by atoms with van der Waals surface area (Å²) in [6.07, 6.45) is 14.8. The molecule has 2 fully saturated rings. The highest BCUT2D eigenvalue weighted by Crippen LogP contribution is 2.55. The van der Waals surface area contributed by atoms with Gasteiger partial charge >= 0.3 is 11.9 Å². The number of aliphatic carboxylic acids is 2. The Morgan fingerprint density at radius 1 is 0.592 bits per heavy atom. The van der Waals surface area contributed by atoms with Crippen molar-refractivity contribution in [2.45, 2.75) is 70.6 Å². The van der Waals surface area contributed by atoms with Crippen LogP contribution in [0.3, 0.4) is 0 Å². The molecular formula is C43H52O6. The van der Waals surface area contributed by atoms with Crippen molar-refractivity contribution in [2.75, 3.05) is 0 Å². The van der Waals surface area contributed by atoms with Gasteiger partial charge in [0.15, 0.2) is 0 Å². The number of aromatic hydroxyl groups is 2. The summed E-state index contributed by atoms with van der Waals surface area (Å²) in [6.45, 7) is 19.3. The molecule has 0 aromatic heterocycles. The first-order valence-electron chi connectivity index (χ1n) is 17.3. The zero-order valence-electron chi connectivity index (χ0n) is 29.0. The molecule has 4 aliphatic carbocycles. The number of hydrogen-bond donors (Lipinski definition) is 4. The molecule has 0 heterocycles. The molecule has 49 heavy (non-hydrogen) atoms. The molecule has 260 valence electrons. The van der Waals surface area contributed by atoms with Crippen molar-refractivity contribution in [1.82, 2.24) is 0 Å². The number of benzene rings is 2. The lowest BCUT2D eigenvalue weighted by atomic mass is 9.78. The van der Waals surface area contributed by atoms with Crippen LogP contribution in [0.5, 0.6) is 11.5 Å². The molecule has 4 N–H and O–H groups in total. The summed E-state index contributed by atoms with van der Waals surface area (Å²) >= 11 is 0. The Morgan fingerprint density at radius 2 is 0.898 bits per heavy atom. The van der Waals surface area contributed by atoms with E-state index in [1.165, 1.54) is 22.3 Å². The maximum Gasteiger partial charge on any atom is 0.307 e. The monoisotopic (exact) mass is 664 g/mol. The molecule has 0 saturated heterocycles. The van der Waals surface area contributed by atoms with Gasteiger partial charge in [0.2, 0.25) is 0 Å². The predicted octanol–water partition coefficient (Wildman–Crippen LogP) is 9.78. The van der Waals surface area contributed by atoms with Crippen LogP contribution in [0, 0.1) is 35.5 Å². The predicted molar refractivity (Wildman–Crippen MR) is 196 cm³/mol. The van der Waals surface area contributed by atoms with Gasteiger partial charge in [0.1, 0.15) is 11.5 Å². The topological polar surface area (TPSA) is 115 Å². The molecule has 0 amide bonds. The second-order valence-corrected chi connectivity index (χ2v) is 14.2. The van der Waals surface area contributed by atoms with Gasteiger partial charge in [0.05, 0.1) is 11.8 Å². The molecule has 6 atom stereocenters. The lowest BCUT2D eigenvalue weighted by Crippen LogP contribution is -2.22. The third kappa shape index (κ3) is 8.18. The number of carboxylic acids is 2. The number of carboxylic acid groups (broad SMARTS) is 2. The van der Waals surface area contributed by atoms with E-state index in [9.17, 15) is 19.8 Å². The third-order valence-electron chi connectivity index (χ3n) is 11.1. The Kier molecular flexibility index (Phi) is 12.3. The van der Waals surface area contributed by atoms with Gasteiger partial charge in [-0.1, -0.05) is 84.7 Å².